The van der Waals surface area contributed by atoms with Crippen LogP contribution in [0.4, 0.5) is 0 Å². The highest BCUT2D eigenvalue weighted by Gasteiger charge is 1.95. The minimum Gasteiger partial charge on any atom is -0.485 e. The monoisotopic (exact) mass is 161 g/mol. The van der Waals surface area contributed by atoms with Crippen molar-refractivity contribution in [2.45, 2.75) is 0 Å². The number of benzene rings is 1. The van der Waals surface area contributed by atoms with E-state index in [-0.39, 0.29) is 12.4 Å². The van der Waals surface area contributed by atoms with Crippen LogP contribution in [0.15, 0.2) is 36.4 Å². The molecule has 0 unspecified atom stereocenters. The lowest BCUT2D eigenvalue weighted by Gasteiger charge is -2.01. The van der Waals surface area contributed by atoms with Gasteiger partial charge in [-0.1, -0.05) is 24.8 Å². The number of para-hydroxylation sites is 1. The third-order valence-corrected chi connectivity index (χ3v) is 1.31. The van der Waals surface area contributed by atoms with Crippen LogP contribution in [-0.4, -0.2) is 12.4 Å². The summed E-state index contributed by atoms with van der Waals surface area (Å²) < 4.78 is 5.10. The number of ketones is 1. The first-order chi connectivity index (χ1) is 5.83. The molecule has 0 saturated heterocycles. The second-order valence-corrected chi connectivity index (χ2v) is 2.23. The van der Waals surface area contributed by atoms with E-state index < -0.39 is 0 Å². The molecule has 0 saturated carbocycles. The van der Waals surface area contributed by atoms with Gasteiger partial charge >= 0.3 is 0 Å². The molecule has 0 aliphatic heterocycles. The second-order valence-electron chi connectivity index (χ2n) is 2.23. The maximum atomic E-state index is 10.7. The number of hydrogen-bond acceptors (Lipinski definition) is 2. The zero-order chi connectivity index (χ0) is 8.81. The minimum absolute atomic E-state index is 0.000509. The van der Waals surface area contributed by atoms with Crippen LogP contribution in [0, 0.1) is 6.58 Å². The number of hydrogen-bond donors (Lipinski definition) is 0. The average Bonchev–Trinajstić information content (AvgIpc) is 2.16. The zero-order valence-corrected chi connectivity index (χ0v) is 6.57. The minimum atomic E-state index is -0.223. The fraction of sp³-hybridized carbons (Fsp3) is 0.100. The molecule has 0 bridgehead atoms. The lowest BCUT2D eigenvalue weighted by molar-refractivity contribution is -0.116. The van der Waals surface area contributed by atoms with Crippen molar-refractivity contribution < 1.29 is 9.53 Å². The highest BCUT2D eigenvalue weighted by molar-refractivity contribution is 5.90. The molecule has 1 aromatic rings. The largest absolute Gasteiger partial charge is 0.485 e. The van der Waals surface area contributed by atoms with Gasteiger partial charge in [-0.15, -0.1) is 0 Å². The lowest BCUT2D eigenvalue weighted by Crippen LogP contribution is -2.07. The maximum Gasteiger partial charge on any atom is 0.193 e. The van der Waals surface area contributed by atoms with Crippen molar-refractivity contribution in [1.82, 2.24) is 0 Å². The molecular weight excluding hydrogens is 152 g/mol. The van der Waals surface area contributed by atoms with Gasteiger partial charge in [0.25, 0.3) is 0 Å². The van der Waals surface area contributed by atoms with Crippen molar-refractivity contribution in [1.29, 1.82) is 0 Å². The predicted octanol–water partition coefficient (Wildman–Crippen LogP) is 1.62. The smallest absolute Gasteiger partial charge is 0.193 e. The van der Waals surface area contributed by atoms with E-state index in [1.54, 1.807) is 12.1 Å². The first-order valence-corrected chi connectivity index (χ1v) is 3.58. The lowest BCUT2D eigenvalue weighted by atomic mass is 10.3. The molecule has 2 nitrogen and oxygen atoms in total. The Morgan fingerprint density at radius 2 is 2.08 bits per heavy atom. The van der Waals surface area contributed by atoms with Gasteiger partial charge in [-0.3, -0.25) is 4.79 Å². The molecule has 61 valence electrons. The molecule has 1 radical (unpaired) electrons. The van der Waals surface area contributed by atoms with Gasteiger partial charge < -0.3 is 4.74 Å². The van der Waals surface area contributed by atoms with Gasteiger partial charge in [0.2, 0.25) is 0 Å². The Hall–Kier alpha value is -1.57. The normalized spacial score (nSPS) is 9.00. The van der Waals surface area contributed by atoms with Crippen LogP contribution in [0.1, 0.15) is 0 Å². The fourth-order valence-electron chi connectivity index (χ4n) is 0.719. The van der Waals surface area contributed by atoms with Gasteiger partial charge in [0.05, 0.1) is 0 Å². The second kappa shape index (κ2) is 4.34. The van der Waals surface area contributed by atoms with Crippen molar-refractivity contribution in [2.24, 2.45) is 0 Å². The number of carbonyl (C=O) groups is 1. The summed E-state index contributed by atoms with van der Waals surface area (Å²) in [6.07, 6.45) is 1.00. The van der Waals surface area contributed by atoms with Gasteiger partial charge in [-0.2, -0.15) is 0 Å². The predicted molar refractivity (Wildman–Crippen MR) is 45.8 cm³/mol. The van der Waals surface area contributed by atoms with E-state index in [0.717, 1.165) is 6.08 Å². The zero-order valence-electron chi connectivity index (χ0n) is 6.57. The Kier molecular flexibility index (Phi) is 3.08. The van der Waals surface area contributed by atoms with Crippen molar-refractivity contribution in [3.8, 4) is 5.75 Å². The van der Waals surface area contributed by atoms with E-state index in [0.29, 0.717) is 5.75 Å². The van der Waals surface area contributed by atoms with Crippen LogP contribution in [0.3, 0.4) is 0 Å². The summed E-state index contributed by atoms with van der Waals surface area (Å²) >= 11 is 0. The molecule has 2 heteroatoms. The molecule has 0 aromatic heterocycles. The van der Waals surface area contributed by atoms with Crippen LogP contribution < -0.4 is 4.74 Å². The number of carbonyl (C=O) groups excluding carboxylic acids is 1. The molecule has 0 fully saturated rings. The van der Waals surface area contributed by atoms with Crippen LogP contribution >= 0.6 is 0 Å². The third-order valence-electron chi connectivity index (χ3n) is 1.31. The summed E-state index contributed by atoms with van der Waals surface area (Å²) in [6.45, 7) is 4.98. The van der Waals surface area contributed by atoms with E-state index in [4.69, 9.17) is 11.3 Å². The Labute approximate surface area is 71.5 Å². The van der Waals surface area contributed by atoms with Gasteiger partial charge in [-0.25, -0.2) is 0 Å². The molecular formula is C10H9O2. The van der Waals surface area contributed by atoms with Crippen LogP contribution in [0.2, 0.25) is 0 Å². The fourth-order valence-corrected chi connectivity index (χ4v) is 0.719. The molecule has 0 aliphatic carbocycles. The summed E-state index contributed by atoms with van der Waals surface area (Å²) in [5.41, 5.74) is 0. The molecule has 1 rings (SSSR count). The van der Waals surface area contributed by atoms with E-state index in [2.05, 4.69) is 0 Å². The quantitative estimate of drug-likeness (QED) is 0.627. The Morgan fingerprint density at radius 1 is 1.42 bits per heavy atom. The Morgan fingerprint density at radius 3 is 2.67 bits per heavy atom. The van der Waals surface area contributed by atoms with Crippen LogP contribution in [0.5, 0.6) is 5.75 Å². The van der Waals surface area contributed by atoms with Crippen molar-refractivity contribution in [3.63, 3.8) is 0 Å². The summed E-state index contributed by atoms with van der Waals surface area (Å²) in [4.78, 5) is 10.7. The first-order valence-electron chi connectivity index (χ1n) is 3.58. The highest BCUT2D eigenvalue weighted by atomic mass is 16.5. The van der Waals surface area contributed by atoms with E-state index in [9.17, 15) is 4.79 Å². The standard InChI is InChI=1S/C10H9O2/c1-2-9(11)8-12-10-6-4-3-5-7-10/h1-7H,8H2. The molecule has 0 amide bonds. The van der Waals surface area contributed by atoms with E-state index in [1.165, 1.54) is 0 Å². The third kappa shape index (κ3) is 2.58. The Bertz CT molecular complexity index is 264. The molecule has 0 heterocycles. The summed E-state index contributed by atoms with van der Waals surface area (Å²) in [5, 5.41) is 0. The summed E-state index contributed by atoms with van der Waals surface area (Å²) in [6, 6.07) is 9.12. The number of ether oxygens (including phenoxy) is 1. The molecule has 0 atom stereocenters. The average molecular weight is 161 g/mol. The molecule has 12 heavy (non-hydrogen) atoms. The van der Waals surface area contributed by atoms with Crippen LogP contribution in [-0.2, 0) is 4.79 Å². The summed E-state index contributed by atoms with van der Waals surface area (Å²) in [5.74, 6) is 0.451. The topological polar surface area (TPSA) is 26.3 Å². The van der Waals surface area contributed by atoms with Crippen LogP contribution in [0.25, 0.3) is 0 Å². The molecule has 0 spiro atoms. The SMILES string of the molecule is [CH]=CC(=O)COc1ccccc1. The summed E-state index contributed by atoms with van der Waals surface area (Å²) in [7, 11) is 0. The first kappa shape index (κ1) is 8.53. The van der Waals surface area contributed by atoms with Crippen molar-refractivity contribution in [2.75, 3.05) is 6.61 Å². The van der Waals surface area contributed by atoms with E-state index >= 15 is 0 Å². The highest BCUT2D eigenvalue weighted by Crippen LogP contribution is 2.07. The van der Waals surface area contributed by atoms with Gasteiger partial charge in [0.1, 0.15) is 5.75 Å². The van der Waals surface area contributed by atoms with Gasteiger partial charge in [0, 0.05) is 0 Å². The van der Waals surface area contributed by atoms with E-state index in [1.807, 2.05) is 18.2 Å². The van der Waals surface area contributed by atoms with Gasteiger partial charge in [0.15, 0.2) is 12.4 Å². The molecule has 0 aliphatic rings. The maximum absolute atomic E-state index is 10.7. The number of rotatable bonds is 4. The Balaban J connectivity index is 2.43. The molecule has 1 aromatic carbocycles. The van der Waals surface area contributed by atoms with Gasteiger partial charge in [-0.05, 0) is 18.2 Å². The molecule has 0 N–H and O–H groups in total. The van der Waals surface area contributed by atoms with Crippen molar-refractivity contribution >= 4 is 5.78 Å². The van der Waals surface area contributed by atoms with Crippen molar-refractivity contribution in [3.05, 3.63) is 43.0 Å².